The maximum absolute atomic E-state index is 11.2. The van der Waals surface area contributed by atoms with E-state index in [1.807, 2.05) is 19.0 Å². The summed E-state index contributed by atoms with van der Waals surface area (Å²) in [6, 6.07) is 0. The van der Waals surface area contributed by atoms with Crippen molar-refractivity contribution in [3.8, 4) is 11.8 Å². The Balaban J connectivity index is 2.44. The van der Waals surface area contributed by atoms with E-state index < -0.39 is 0 Å². The molecule has 1 fully saturated rings. The molecule has 1 rings (SSSR count). The van der Waals surface area contributed by atoms with Gasteiger partial charge in [0.05, 0.1) is 6.54 Å². The predicted octanol–water partition coefficient (Wildman–Crippen LogP) is 0.479. The standard InChI is InChI=1S/C9H14N2O/c1-3-4-5-7-11-9(12)6-8-10(11)2/h3,6-8H2,1-2H3. The van der Waals surface area contributed by atoms with E-state index in [0.29, 0.717) is 13.0 Å². The molecule has 0 aromatic heterocycles. The fourth-order valence-electron chi connectivity index (χ4n) is 1.16. The Morgan fingerprint density at radius 1 is 1.50 bits per heavy atom. The summed E-state index contributed by atoms with van der Waals surface area (Å²) >= 11 is 0. The van der Waals surface area contributed by atoms with Crippen LogP contribution in [0, 0.1) is 11.8 Å². The Hall–Kier alpha value is -1.01. The first-order valence-corrected chi connectivity index (χ1v) is 4.23. The molecule has 1 aliphatic rings. The summed E-state index contributed by atoms with van der Waals surface area (Å²) in [6.45, 7) is 3.37. The second-order valence-corrected chi connectivity index (χ2v) is 2.79. The highest BCUT2D eigenvalue weighted by molar-refractivity contribution is 5.77. The first-order valence-electron chi connectivity index (χ1n) is 4.23. The lowest BCUT2D eigenvalue weighted by atomic mass is 10.4. The summed E-state index contributed by atoms with van der Waals surface area (Å²) in [7, 11) is 1.92. The molecule has 1 aliphatic heterocycles. The summed E-state index contributed by atoms with van der Waals surface area (Å²) in [5.74, 6) is 6.08. The van der Waals surface area contributed by atoms with Crippen molar-refractivity contribution < 1.29 is 4.79 Å². The number of hydrazine groups is 1. The molecular formula is C9H14N2O. The van der Waals surface area contributed by atoms with E-state index in [0.717, 1.165) is 13.0 Å². The van der Waals surface area contributed by atoms with E-state index in [9.17, 15) is 4.79 Å². The first kappa shape index (κ1) is 9.08. The summed E-state index contributed by atoms with van der Waals surface area (Å²) in [5, 5.41) is 3.62. The molecular weight excluding hydrogens is 152 g/mol. The van der Waals surface area contributed by atoms with Crippen molar-refractivity contribution in [2.24, 2.45) is 0 Å². The number of hydrogen-bond acceptors (Lipinski definition) is 2. The molecule has 1 saturated heterocycles. The number of carbonyl (C=O) groups excluding carboxylic acids is 1. The molecule has 0 aliphatic carbocycles. The largest absolute Gasteiger partial charge is 0.273 e. The minimum atomic E-state index is 0.183. The molecule has 1 heterocycles. The fraction of sp³-hybridized carbons (Fsp3) is 0.667. The zero-order valence-corrected chi connectivity index (χ0v) is 7.63. The highest BCUT2D eigenvalue weighted by atomic mass is 16.2. The SMILES string of the molecule is CCC#CCN1C(=O)CCN1C. The van der Waals surface area contributed by atoms with Crippen LogP contribution < -0.4 is 0 Å². The minimum absolute atomic E-state index is 0.183. The Bertz CT molecular complexity index is 226. The summed E-state index contributed by atoms with van der Waals surface area (Å²) < 4.78 is 0. The van der Waals surface area contributed by atoms with Gasteiger partial charge >= 0.3 is 0 Å². The van der Waals surface area contributed by atoms with Gasteiger partial charge in [-0.05, 0) is 0 Å². The number of nitrogens with zero attached hydrogens (tertiary/aromatic N) is 2. The number of carbonyl (C=O) groups is 1. The van der Waals surface area contributed by atoms with Gasteiger partial charge in [-0.3, -0.25) is 9.80 Å². The van der Waals surface area contributed by atoms with Crippen molar-refractivity contribution in [3.05, 3.63) is 0 Å². The molecule has 0 spiro atoms. The molecule has 0 radical (unpaired) electrons. The van der Waals surface area contributed by atoms with Gasteiger partial charge in [0.25, 0.3) is 0 Å². The van der Waals surface area contributed by atoms with Crippen LogP contribution in [-0.4, -0.2) is 36.1 Å². The number of rotatable bonds is 1. The van der Waals surface area contributed by atoms with Crippen LogP contribution in [0.3, 0.4) is 0 Å². The predicted molar refractivity (Wildman–Crippen MR) is 47.0 cm³/mol. The van der Waals surface area contributed by atoms with Crippen molar-refractivity contribution in [2.45, 2.75) is 19.8 Å². The maximum Gasteiger partial charge on any atom is 0.239 e. The van der Waals surface area contributed by atoms with Crippen molar-refractivity contribution in [3.63, 3.8) is 0 Å². The van der Waals surface area contributed by atoms with Crippen LogP contribution in [0.15, 0.2) is 0 Å². The quantitative estimate of drug-likeness (QED) is 0.529. The van der Waals surface area contributed by atoms with E-state index >= 15 is 0 Å². The average Bonchev–Trinajstić information content (AvgIpc) is 2.35. The lowest BCUT2D eigenvalue weighted by Gasteiger charge is -2.20. The van der Waals surface area contributed by atoms with Crippen LogP contribution in [0.1, 0.15) is 19.8 Å². The van der Waals surface area contributed by atoms with Crippen LogP contribution >= 0.6 is 0 Å². The van der Waals surface area contributed by atoms with E-state index in [-0.39, 0.29) is 5.91 Å². The molecule has 66 valence electrons. The smallest absolute Gasteiger partial charge is 0.239 e. The zero-order valence-electron chi connectivity index (χ0n) is 7.63. The van der Waals surface area contributed by atoms with E-state index in [1.54, 1.807) is 5.01 Å². The molecule has 3 heteroatoms. The van der Waals surface area contributed by atoms with Gasteiger partial charge in [0.2, 0.25) is 5.91 Å². The van der Waals surface area contributed by atoms with Gasteiger partial charge in [-0.1, -0.05) is 12.8 Å². The highest BCUT2D eigenvalue weighted by Gasteiger charge is 2.24. The molecule has 3 nitrogen and oxygen atoms in total. The molecule has 1 amide bonds. The molecule has 0 atom stereocenters. The number of amides is 1. The minimum Gasteiger partial charge on any atom is -0.273 e. The van der Waals surface area contributed by atoms with E-state index in [1.165, 1.54) is 0 Å². The van der Waals surface area contributed by atoms with Gasteiger partial charge in [-0.15, -0.1) is 5.92 Å². The normalized spacial score (nSPS) is 17.8. The second-order valence-electron chi connectivity index (χ2n) is 2.79. The third-order valence-electron chi connectivity index (χ3n) is 1.88. The number of hydrogen-bond donors (Lipinski definition) is 0. The highest BCUT2D eigenvalue weighted by Crippen LogP contribution is 2.07. The molecule has 0 N–H and O–H groups in total. The summed E-state index contributed by atoms with van der Waals surface area (Å²) in [6.07, 6.45) is 1.48. The molecule has 0 unspecified atom stereocenters. The lowest BCUT2D eigenvalue weighted by Crippen LogP contribution is -2.36. The zero-order chi connectivity index (χ0) is 8.97. The van der Waals surface area contributed by atoms with E-state index in [4.69, 9.17) is 0 Å². The maximum atomic E-state index is 11.2. The second kappa shape index (κ2) is 4.13. The van der Waals surface area contributed by atoms with Gasteiger partial charge in [0, 0.05) is 26.4 Å². The van der Waals surface area contributed by atoms with Crippen LogP contribution in [0.2, 0.25) is 0 Å². The molecule has 0 bridgehead atoms. The Kier molecular flexibility index (Phi) is 3.12. The van der Waals surface area contributed by atoms with Crippen molar-refractivity contribution >= 4 is 5.91 Å². The van der Waals surface area contributed by atoms with Crippen LogP contribution in [-0.2, 0) is 4.79 Å². The molecule has 0 saturated carbocycles. The van der Waals surface area contributed by atoms with Gasteiger partial charge in [-0.25, -0.2) is 5.01 Å². The Labute approximate surface area is 73.3 Å². The van der Waals surface area contributed by atoms with E-state index in [2.05, 4.69) is 11.8 Å². The summed E-state index contributed by atoms with van der Waals surface area (Å²) in [5.41, 5.74) is 0. The van der Waals surface area contributed by atoms with Crippen LogP contribution in [0.5, 0.6) is 0 Å². The molecule has 0 aromatic rings. The van der Waals surface area contributed by atoms with Gasteiger partial charge in [0.15, 0.2) is 0 Å². The summed E-state index contributed by atoms with van der Waals surface area (Å²) in [4.78, 5) is 11.2. The van der Waals surface area contributed by atoms with Gasteiger partial charge in [-0.2, -0.15) is 0 Å². The fourth-order valence-corrected chi connectivity index (χ4v) is 1.16. The van der Waals surface area contributed by atoms with Gasteiger partial charge in [0.1, 0.15) is 0 Å². The monoisotopic (exact) mass is 166 g/mol. The lowest BCUT2D eigenvalue weighted by molar-refractivity contribution is -0.135. The third kappa shape index (κ3) is 1.99. The van der Waals surface area contributed by atoms with Crippen molar-refractivity contribution in [2.75, 3.05) is 20.1 Å². The Morgan fingerprint density at radius 3 is 2.75 bits per heavy atom. The third-order valence-corrected chi connectivity index (χ3v) is 1.88. The Morgan fingerprint density at radius 2 is 2.25 bits per heavy atom. The first-order chi connectivity index (χ1) is 5.75. The molecule has 12 heavy (non-hydrogen) atoms. The van der Waals surface area contributed by atoms with Crippen molar-refractivity contribution in [1.29, 1.82) is 0 Å². The van der Waals surface area contributed by atoms with Crippen LogP contribution in [0.25, 0.3) is 0 Å². The van der Waals surface area contributed by atoms with Gasteiger partial charge < -0.3 is 0 Å². The van der Waals surface area contributed by atoms with Crippen molar-refractivity contribution in [1.82, 2.24) is 10.0 Å². The topological polar surface area (TPSA) is 23.6 Å². The molecule has 0 aromatic carbocycles. The van der Waals surface area contributed by atoms with Crippen LogP contribution in [0.4, 0.5) is 0 Å². The average molecular weight is 166 g/mol.